The zero-order chi connectivity index (χ0) is 38.1. The van der Waals surface area contributed by atoms with E-state index >= 15 is 0 Å². The van der Waals surface area contributed by atoms with E-state index in [0.717, 1.165) is 52.1 Å². The summed E-state index contributed by atoms with van der Waals surface area (Å²) in [6.45, 7) is 3.68. The number of alkyl halides is 3. The van der Waals surface area contributed by atoms with Gasteiger partial charge in [-0.05, 0) is 70.7 Å². The molecule has 1 aliphatic rings. The molecule has 0 radical (unpaired) electrons. The second-order valence-electron chi connectivity index (χ2n) is 13.5. The molecule has 4 aromatic carbocycles. The largest absolute Gasteiger partial charge is 0.480 e. The van der Waals surface area contributed by atoms with Crippen molar-refractivity contribution < 1.29 is 42.2 Å². The zero-order valence-electron chi connectivity index (χ0n) is 29.4. The number of carbonyl (C=O) groups excluding carboxylic acids is 3. The number of carboxylic acid groups (broad SMARTS) is 1. The maximum absolute atomic E-state index is 13.8. The third kappa shape index (κ3) is 10.2. The fourth-order valence-electron chi connectivity index (χ4n) is 6.52. The molecule has 0 unspecified atom stereocenters. The number of rotatable bonds is 15. The molecule has 12 heteroatoms. The van der Waals surface area contributed by atoms with Crippen molar-refractivity contribution >= 4 is 23.9 Å². The highest BCUT2D eigenvalue weighted by Gasteiger charge is 2.33. The van der Waals surface area contributed by atoms with Gasteiger partial charge in [0.05, 0.1) is 5.56 Å². The minimum absolute atomic E-state index is 0.0285. The Labute approximate surface area is 306 Å². The maximum Gasteiger partial charge on any atom is 0.416 e. The summed E-state index contributed by atoms with van der Waals surface area (Å²) in [4.78, 5) is 52.8. The summed E-state index contributed by atoms with van der Waals surface area (Å²) in [6.07, 6.45) is -4.93. The highest BCUT2D eigenvalue weighted by atomic mass is 19.4. The molecule has 9 nitrogen and oxygen atoms in total. The van der Waals surface area contributed by atoms with Crippen molar-refractivity contribution in [2.45, 2.75) is 69.8 Å². The van der Waals surface area contributed by atoms with Gasteiger partial charge in [0.25, 0.3) is 0 Å². The van der Waals surface area contributed by atoms with Gasteiger partial charge in [-0.2, -0.15) is 13.2 Å². The molecule has 1 aliphatic carbocycles. The topological polar surface area (TPSA) is 134 Å². The van der Waals surface area contributed by atoms with Crippen molar-refractivity contribution in [3.05, 3.63) is 131 Å². The fourth-order valence-corrected chi connectivity index (χ4v) is 6.52. The van der Waals surface area contributed by atoms with Gasteiger partial charge < -0.3 is 25.8 Å². The van der Waals surface area contributed by atoms with Crippen LogP contribution < -0.4 is 16.0 Å². The number of nitrogens with one attached hydrogen (secondary N) is 3. The highest BCUT2D eigenvalue weighted by molar-refractivity contribution is 5.93. The van der Waals surface area contributed by atoms with Gasteiger partial charge in [0.15, 0.2) is 0 Å². The number of ether oxygens (including phenoxy) is 1. The summed E-state index contributed by atoms with van der Waals surface area (Å²) in [6, 6.07) is 25.4. The van der Waals surface area contributed by atoms with Crippen LogP contribution in [-0.2, 0) is 38.1 Å². The molecule has 0 heterocycles. The van der Waals surface area contributed by atoms with E-state index in [1.807, 2.05) is 92.7 Å². The Bertz CT molecular complexity index is 1850. The van der Waals surface area contributed by atoms with E-state index in [1.54, 1.807) is 0 Å². The van der Waals surface area contributed by atoms with Crippen LogP contribution in [0.5, 0.6) is 0 Å². The van der Waals surface area contributed by atoms with Crippen LogP contribution in [0.1, 0.15) is 60.4 Å². The first-order valence-corrected chi connectivity index (χ1v) is 17.4. The Morgan fingerprint density at radius 2 is 1.25 bits per heavy atom. The average molecular weight is 730 g/mol. The second kappa shape index (κ2) is 17.2. The predicted molar refractivity (Wildman–Crippen MR) is 193 cm³/mol. The lowest BCUT2D eigenvalue weighted by Gasteiger charge is -2.26. The summed E-state index contributed by atoms with van der Waals surface area (Å²) < 4.78 is 44.8. The van der Waals surface area contributed by atoms with Gasteiger partial charge in [0, 0.05) is 12.3 Å². The number of alkyl carbamates (subject to hydrolysis) is 1. The molecule has 0 aromatic heterocycles. The molecule has 0 saturated heterocycles. The maximum atomic E-state index is 13.8. The Morgan fingerprint density at radius 3 is 1.81 bits per heavy atom. The summed E-state index contributed by atoms with van der Waals surface area (Å²) in [5, 5.41) is 17.7. The lowest BCUT2D eigenvalue weighted by molar-refractivity contribution is -0.142. The number of fused-ring (bicyclic) bond motifs is 3. The van der Waals surface area contributed by atoms with Gasteiger partial charge in [-0.1, -0.05) is 105 Å². The van der Waals surface area contributed by atoms with Crippen LogP contribution in [0.3, 0.4) is 0 Å². The molecule has 4 N–H and O–H groups in total. The fraction of sp³-hybridized carbons (Fsp3) is 0.317. The molecule has 53 heavy (non-hydrogen) atoms. The SMILES string of the molecule is CC(C)C[C@H](NC(=O)[C@H](CCc1ccccc1)NC(=O)OCC1c2ccccc2-c2ccccc21)C(=O)N[C@@H](Cc1ccc(C(F)(F)F)cc1)C(=O)O. The summed E-state index contributed by atoms with van der Waals surface area (Å²) in [5.41, 5.74) is 4.49. The Balaban J connectivity index is 1.28. The van der Waals surface area contributed by atoms with Gasteiger partial charge >= 0.3 is 18.2 Å². The molecular formula is C41H42F3N3O6. The van der Waals surface area contributed by atoms with Gasteiger partial charge in [-0.15, -0.1) is 0 Å². The van der Waals surface area contributed by atoms with Gasteiger partial charge in [0.1, 0.15) is 24.7 Å². The summed E-state index contributed by atoms with van der Waals surface area (Å²) in [5.74, 6) is -3.15. The van der Waals surface area contributed by atoms with Crippen LogP contribution >= 0.6 is 0 Å². The zero-order valence-corrected chi connectivity index (χ0v) is 29.4. The second-order valence-corrected chi connectivity index (χ2v) is 13.5. The Kier molecular flexibility index (Phi) is 12.6. The molecule has 4 aromatic rings. The Hall–Kier alpha value is -5.65. The highest BCUT2D eigenvalue weighted by Crippen LogP contribution is 2.44. The quantitative estimate of drug-likeness (QED) is 0.105. The predicted octanol–water partition coefficient (Wildman–Crippen LogP) is 6.89. The summed E-state index contributed by atoms with van der Waals surface area (Å²) >= 11 is 0. The molecule has 0 saturated carbocycles. The number of aryl methyl sites for hydroxylation is 1. The van der Waals surface area contributed by atoms with E-state index in [2.05, 4.69) is 16.0 Å². The number of benzene rings is 4. The van der Waals surface area contributed by atoms with Crippen molar-refractivity contribution in [3.63, 3.8) is 0 Å². The van der Waals surface area contributed by atoms with Crippen LogP contribution in [0.4, 0.5) is 18.0 Å². The van der Waals surface area contributed by atoms with Crippen molar-refractivity contribution in [2.24, 2.45) is 5.92 Å². The Morgan fingerprint density at radius 1 is 0.698 bits per heavy atom. The number of carbonyl (C=O) groups is 4. The number of hydrogen-bond donors (Lipinski definition) is 4. The first kappa shape index (κ1) is 38.6. The van der Waals surface area contributed by atoms with E-state index in [4.69, 9.17) is 4.74 Å². The number of hydrogen-bond acceptors (Lipinski definition) is 5. The number of amides is 3. The van der Waals surface area contributed by atoms with Crippen LogP contribution in [0.2, 0.25) is 0 Å². The first-order valence-electron chi connectivity index (χ1n) is 17.4. The number of halogens is 3. The first-order chi connectivity index (χ1) is 25.3. The molecule has 3 atom stereocenters. The van der Waals surface area contributed by atoms with Gasteiger partial charge in [0.2, 0.25) is 11.8 Å². The van der Waals surface area contributed by atoms with Gasteiger partial charge in [-0.3, -0.25) is 9.59 Å². The van der Waals surface area contributed by atoms with Crippen molar-refractivity contribution in [1.29, 1.82) is 0 Å². The normalized spacial score (nSPS) is 14.0. The number of aliphatic carboxylic acids is 1. The van der Waals surface area contributed by atoms with E-state index in [1.165, 1.54) is 0 Å². The lowest BCUT2D eigenvalue weighted by Crippen LogP contribution is -2.56. The van der Waals surface area contributed by atoms with E-state index in [-0.39, 0.29) is 43.3 Å². The van der Waals surface area contributed by atoms with Crippen LogP contribution in [0, 0.1) is 5.92 Å². The smallest absolute Gasteiger partial charge is 0.416 e. The van der Waals surface area contributed by atoms with Crippen LogP contribution in [0.25, 0.3) is 11.1 Å². The molecule has 0 aliphatic heterocycles. The van der Waals surface area contributed by atoms with E-state index in [0.29, 0.717) is 6.42 Å². The van der Waals surface area contributed by atoms with Crippen molar-refractivity contribution in [2.75, 3.05) is 6.61 Å². The molecule has 3 amide bonds. The minimum Gasteiger partial charge on any atom is -0.480 e. The summed E-state index contributed by atoms with van der Waals surface area (Å²) in [7, 11) is 0. The standard InChI is InChI=1S/C41H42F3N3O6/c1-25(2)22-35(38(49)46-36(39(50)51)23-27-16-19-28(20-17-27)41(42,43)44)45-37(48)34(21-18-26-10-4-3-5-11-26)47-40(52)53-24-33-31-14-8-6-12-29(31)30-13-7-9-15-32(30)33/h3-17,19-20,25,33-36H,18,21-24H2,1-2H3,(H,45,48)(H,46,49)(H,47,52)(H,50,51)/t34-,35-,36-/m0/s1. The third-order valence-electron chi connectivity index (χ3n) is 9.19. The minimum atomic E-state index is -4.56. The van der Waals surface area contributed by atoms with E-state index < -0.39 is 53.7 Å². The van der Waals surface area contributed by atoms with Gasteiger partial charge in [-0.25, -0.2) is 9.59 Å². The molecule has 0 bridgehead atoms. The van der Waals surface area contributed by atoms with Crippen LogP contribution in [0.15, 0.2) is 103 Å². The monoisotopic (exact) mass is 729 g/mol. The molecule has 278 valence electrons. The molecule has 0 fully saturated rings. The third-order valence-corrected chi connectivity index (χ3v) is 9.19. The van der Waals surface area contributed by atoms with Crippen molar-refractivity contribution in [1.82, 2.24) is 16.0 Å². The van der Waals surface area contributed by atoms with E-state index in [9.17, 15) is 37.5 Å². The number of carboxylic acids is 1. The van der Waals surface area contributed by atoms with Crippen molar-refractivity contribution in [3.8, 4) is 11.1 Å². The van der Waals surface area contributed by atoms with Crippen LogP contribution in [-0.4, -0.2) is 53.7 Å². The lowest BCUT2D eigenvalue weighted by atomic mass is 9.98. The molecule has 5 rings (SSSR count). The molecule has 0 spiro atoms. The average Bonchev–Trinajstić information content (AvgIpc) is 3.45. The molecular weight excluding hydrogens is 687 g/mol.